The largest absolute Gasteiger partial charge is 0.469 e. The van der Waals surface area contributed by atoms with E-state index in [1.165, 1.54) is 7.11 Å². The normalized spacial score (nSPS) is 19.5. The molecule has 0 saturated heterocycles. The first kappa shape index (κ1) is 11.2. The SMILES string of the molecule is COC(=O)C1(C(c2cc[nH]c2)N(C)C)CC1. The van der Waals surface area contributed by atoms with Crippen LogP contribution >= 0.6 is 0 Å². The number of methoxy groups -OCH3 is 1. The summed E-state index contributed by atoms with van der Waals surface area (Å²) in [6, 6.07) is 2.12. The van der Waals surface area contributed by atoms with Gasteiger partial charge in [-0.3, -0.25) is 4.79 Å². The summed E-state index contributed by atoms with van der Waals surface area (Å²) < 4.78 is 4.93. The molecular weight excluding hydrogens is 204 g/mol. The number of ether oxygens (including phenoxy) is 1. The molecule has 4 nitrogen and oxygen atoms in total. The van der Waals surface area contributed by atoms with Crippen LogP contribution in [-0.4, -0.2) is 37.1 Å². The maximum atomic E-state index is 11.9. The number of hydrogen-bond acceptors (Lipinski definition) is 3. The Morgan fingerprint density at radius 3 is 2.62 bits per heavy atom. The number of nitrogens with zero attached hydrogens (tertiary/aromatic N) is 1. The molecule has 0 bridgehead atoms. The lowest BCUT2D eigenvalue weighted by molar-refractivity contribution is -0.150. The zero-order valence-electron chi connectivity index (χ0n) is 9.99. The first-order valence-corrected chi connectivity index (χ1v) is 5.49. The van der Waals surface area contributed by atoms with E-state index in [0.29, 0.717) is 0 Å². The molecule has 1 aromatic rings. The minimum Gasteiger partial charge on any atom is -0.469 e. The zero-order chi connectivity index (χ0) is 11.8. The molecule has 0 amide bonds. The molecule has 1 fully saturated rings. The number of H-pyrrole nitrogens is 1. The van der Waals surface area contributed by atoms with Crippen molar-refractivity contribution in [2.24, 2.45) is 5.41 Å². The summed E-state index contributed by atoms with van der Waals surface area (Å²) in [6.45, 7) is 0. The van der Waals surface area contributed by atoms with Gasteiger partial charge in [0.2, 0.25) is 0 Å². The lowest BCUT2D eigenvalue weighted by atomic mass is 9.90. The highest BCUT2D eigenvalue weighted by Gasteiger charge is 2.58. The lowest BCUT2D eigenvalue weighted by Crippen LogP contribution is -2.34. The van der Waals surface area contributed by atoms with Gasteiger partial charge in [0.15, 0.2) is 0 Å². The quantitative estimate of drug-likeness (QED) is 0.786. The second kappa shape index (κ2) is 3.94. The average Bonchev–Trinajstić information content (AvgIpc) is 2.85. The molecule has 0 aliphatic heterocycles. The molecule has 4 heteroatoms. The van der Waals surface area contributed by atoms with Gasteiger partial charge in [-0.1, -0.05) is 0 Å². The molecule has 0 radical (unpaired) electrons. The van der Waals surface area contributed by atoms with Crippen LogP contribution in [0.3, 0.4) is 0 Å². The molecule has 1 unspecified atom stereocenters. The van der Waals surface area contributed by atoms with E-state index < -0.39 is 0 Å². The van der Waals surface area contributed by atoms with Crippen molar-refractivity contribution in [3.63, 3.8) is 0 Å². The van der Waals surface area contributed by atoms with E-state index in [4.69, 9.17) is 4.74 Å². The van der Waals surface area contributed by atoms with Crippen molar-refractivity contribution in [2.75, 3.05) is 21.2 Å². The maximum absolute atomic E-state index is 11.9. The first-order chi connectivity index (χ1) is 7.62. The Kier molecular flexibility index (Phi) is 2.76. The third kappa shape index (κ3) is 1.63. The summed E-state index contributed by atoms with van der Waals surface area (Å²) in [5, 5.41) is 0. The van der Waals surface area contributed by atoms with Crippen LogP contribution in [0.2, 0.25) is 0 Å². The van der Waals surface area contributed by atoms with Gasteiger partial charge >= 0.3 is 5.97 Å². The number of hydrogen-bond donors (Lipinski definition) is 1. The molecule has 88 valence electrons. The Balaban J connectivity index is 2.31. The van der Waals surface area contributed by atoms with Crippen molar-refractivity contribution in [1.29, 1.82) is 0 Å². The van der Waals surface area contributed by atoms with Crippen LogP contribution < -0.4 is 0 Å². The van der Waals surface area contributed by atoms with Crippen LogP contribution in [0.5, 0.6) is 0 Å². The number of nitrogens with one attached hydrogen (secondary N) is 1. The summed E-state index contributed by atoms with van der Waals surface area (Å²) in [5.41, 5.74) is 0.813. The minimum atomic E-state index is -0.333. The molecule has 1 atom stereocenters. The van der Waals surface area contributed by atoms with Crippen LogP contribution in [0.1, 0.15) is 24.4 Å². The minimum absolute atomic E-state index is 0.0904. The molecule has 1 heterocycles. The van der Waals surface area contributed by atoms with E-state index in [1.54, 1.807) is 0 Å². The van der Waals surface area contributed by atoms with Crippen LogP contribution in [-0.2, 0) is 9.53 Å². The maximum Gasteiger partial charge on any atom is 0.313 e. The third-order valence-electron chi connectivity index (χ3n) is 3.36. The highest BCUT2D eigenvalue weighted by molar-refractivity contribution is 5.81. The standard InChI is InChI=1S/C12H18N2O2/c1-14(2)10(9-4-7-13-8-9)12(5-6-12)11(15)16-3/h4,7-8,10,13H,5-6H2,1-3H3. The number of aromatic amines is 1. The number of carbonyl (C=O) groups excluding carboxylic acids is 1. The summed E-state index contributed by atoms with van der Waals surface area (Å²) >= 11 is 0. The van der Waals surface area contributed by atoms with Crippen molar-refractivity contribution >= 4 is 5.97 Å². The van der Waals surface area contributed by atoms with Gasteiger partial charge in [-0.15, -0.1) is 0 Å². The Hall–Kier alpha value is -1.29. The van der Waals surface area contributed by atoms with Gasteiger partial charge in [-0.2, -0.15) is 0 Å². The van der Waals surface area contributed by atoms with Crippen LogP contribution in [0.25, 0.3) is 0 Å². The van der Waals surface area contributed by atoms with Gasteiger partial charge in [0.25, 0.3) is 0 Å². The average molecular weight is 222 g/mol. The number of aromatic nitrogens is 1. The molecular formula is C12H18N2O2. The molecule has 1 aliphatic carbocycles. The summed E-state index contributed by atoms with van der Waals surface area (Å²) in [5.74, 6) is -0.0904. The van der Waals surface area contributed by atoms with Gasteiger partial charge in [0, 0.05) is 12.4 Å². The second-order valence-corrected chi connectivity index (χ2v) is 4.66. The summed E-state index contributed by atoms with van der Waals surface area (Å²) in [7, 11) is 5.47. The van der Waals surface area contributed by atoms with Crippen molar-refractivity contribution in [1.82, 2.24) is 9.88 Å². The fraction of sp³-hybridized carbons (Fsp3) is 0.583. The summed E-state index contributed by atoms with van der Waals surface area (Å²) in [4.78, 5) is 17.0. The van der Waals surface area contributed by atoms with Crippen molar-refractivity contribution in [3.05, 3.63) is 24.0 Å². The number of rotatable bonds is 4. The Morgan fingerprint density at radius 1 is 1.56 bits per heavy atom. The van der Waals surface area contributed by atoms with E-state index in [-0.39, 0.29) is 17.4 Å². The van der Waals surface area contributed by atoms with E-state index in [9.17, 15) is 4.79 Å². The lowest BCUT2D eigenvalue weighted by Gasteiger charge is -2.30. The molecule has 0 spiro atoms. The van der Waals surface area contributed by atoms with Crippen molar-refractivity contribution in [3.8, 4) is 0 Å². The summed E-state index contributed by atoms with van der Waals surface area (Å²) in [6.07, 6.45) is 5.66. The van der Waals surface area contributed by atoms with Gasteiger partial charge in [0.1, 0.15) is 0 Å². The first-order valence-electron chi connectivity index (χ1n) is 5.49. The Morgan fingerprint density at radius 2 is 2.25 bits per heavy atom. The fourth-order valence-corrected chi connectivity index (χ4v) is 2.55. The smallest absolute Gasteiger partial charge is 0.313 e. The Labute approximate surface area is 95.6 Å². The molecule has 1 N–H and O–H groups in total. The van der Waals surface area contributed by atoms with Gasteiger partial charge < -0.3 is 14.6 Å². The second-order valence-electron chi connectivity index (χ2n) is 4.66. The molecule has 1 aromatic heterocycles. The predicted octanol–water partition coefficient (Wildman–Crippen LogP) is 1.57. The molecule has 1 aliphatic rings. The monoisotopic (exact) mass is 222 g/mol. The number of carbonyl (C=O) groups is 1. The van der Waals surface area contributed by atoms with Gasteiger partial charge in [-0.05, 0) is 38.6 Å². The van der Waals surface area contributed by atoms with E-state index in [1.807, 2.05) is 32.6 Å². The van der Waals surface area contributed by atoms with Crippen LogP contribution in [0, 0.1) is 5.41 Å². The van der Waals surface area contributed by atoms with Gasteiger partial charge in [-0.25, -0.2) is 0 Å². The molecule has 16 heavy (non-hydrogen) atoms. The van der Waals surface area contributed by atoms with Crippen LogP contribution in [0.15, 0.2) is 18.5 Å². The van der Waals surface area contributed by atoms with E-state index in [0.717, 1.165) is 18.4 Å². The van der Waals surface area contributed by atoms with Crippen molar-refractivity contribution < 1.29 is 9.53 Å². The fourth-order valence-electron chi connectivity index (χ4n) is 2.55. The van der Waals surface area contributed by atoms with E-state index in [2.05, 4.69) is 9.88 Å². The van der Waals surface area contributed by atoms with E-state index >= 15 is 0 Å². The van der Waals surface area contributed by atoms with Gasteiger partial charge in [0.05, 0.1) is 18.6 Å². The highest BCUT2D eigenvalue weighted by atomic mass is 16.5. The number of esters is 1. The molecule has 1 saturated carbocycles. The van der Waals surface area contributed by atoms with Crippen LogP contribution in [0.4, 0.5) is 0 Å². The van der Waals surface area contributed by atoms with Crippen molar-refractivity contribution in [2.45, 2.75) is 18.9 Å². The zero-order valence-corrected chi connectivity index (χ0v) is 9.99. The predicted molar refractivity (Wildman–Crippen MR) is 60.9 cm³/mol. The third-order valence-corrected chi connectivity index (χ3v) is 3.36. The highest BCUT2D eigenvalue weighted by Crippen LogP contribution is 2.57. The Bertz CT molecular complexity index is 366. The topological polar surface area (TPSA) is 45.3 Å². The molecule has 2 rings (SSSR count). The molecule has 0 aromatic carbocycles.